The third kappa shape index (κ3) is 3.57. The number of rotatable bonds is 4. The van der Waals surface area contributed by atoms with E-state index in [0.29, 0.717) is 27.3 Å². The zero-order valence-corrected chi connectivity index (χ0v) is 14.7. The van der Waals surface area contributed by atoms with Crippen LogP contribution in [0.2, 0.25) is 4.34 Å². The summed E-state index contributed by atoms with van der Waals surface area (Å²) < 4.78 is 5.88. The molecule has 1 fully saturated rings. The van der Waals surface area contributed by atoms with E-state index >= 15 is 0 Å². The van der Waals surface area contributed by atoms with Gasteiger partial charge >= 0.3 is 6.03 Å². The van der Waals surface area contributed by atoms with Crippen LogP contribution in [0.3, 0.4) is 0 Å². The minimum atomic E-state index is -0.791. The van der Waals surface area contributed by atoms with E-state index in [0.717, 1.165) is 4.90 Å². The van der Waals surface area contributed by atoms with Gasteiger partial charge in [-0.1, -0.05) is 11.6 Å². The second-order valence-electron chi connectivity index (χ2n) is 5.03. The summed E-state index contributed by atoms with van der Waals surface area (Å²) in [5.41, 5.74) is 0.209. The summed E-state index contributed by atoms with van der Waals surface area (Å²) in [4.78, 5) is 38.4. The van der Waals surface area contributed by atoms with E-state index in [-0.39, 0.29) is 5.57 Å². The quantitative estimate of drug-likeness (QED) is 0.654. The Hall–Kier alpha value is -2.64. The SMILES string of the molecule is CCOc1ccc(N2C(=O)NC(=O)/C(=C\c3ccc(Cl)s3)C2=O)cc1. The largest absolute Gasteiger partial charge is 0.494 e. The van der Waals surface area contributed by atoms with Crippen molar-refractivity contribution < 1.29 is 19.1 Å². The molecule has 1 aliphatic heterocycles. The Labute approximate surface area is 152 Å². The molecule has 1 N–H and O–H groups in total. The molecule has 2 heterocycles. The number of thiophene rings is 1. The Morgan fingerprint density at radius 3 is 2.48 bits per heavy atom. The van der Waals surface area contributed by atoms with Crippen LogP contribution in [0, 0.1) is 0 Å². The van der Waals surface area contributed by atoms with Crippen molar-refractivity contribution in [2.75, 3.05) is 11.5 Å². The normalized spacial score (nSPS) is 16.3. The van der Waals surface area contributed by atoms with Crippen molar-refractivity contribution in [3.8, 4) is 5.75 Å². The Morgan fingerprint density at radius 1 is 1.16 bits per heavy atom. The van der Waals surface area contributed by atoms with Crippen molar-refractivity contribution in [1.82, 2.24) is 5.32 Å². The Morgan fingerprint density at radius 2 is 1.88 bits per heavy atom. The lowest BCUT2D eigenvalue weighted by molar-refractivity contribution is -0.122. The minimum absolute atomic E-state index is 0.132. The summed E-state index contributed by atoms with van der Waals surface area (Å²) in [6.45, 7) is 2.36. The summed E-state index contributed by atoms with van der Waals surface area (Å²) in [6, 6.07) is 9.03. The molecule has 128 valence electrons. The van der Waals surface area contributed by atoms with Gasteiger partial charge in [-0.15, -0.1) is 11.3 Å². The second kappa shape index (κ2) is 7.08. The molecule has 2 aromatic rings. The first-order chi connectivity index (χ1) is 12.0. The van der Waals surface area contributed by atoms with E-state index in [9.17, 15) is 14.4 Å². The van der Waals surface area contributed by atoms with Crippen LogP contribution < -0.4 is 15.0 Å². The molecular formula is C17H13ClN2O4S. The standard InChI is InChI=1S/C17H13ClN2O4S/c1-2-24-11-5-3-10(4-6-11)20-16(22)13(15(21)19-17(20)23)9-12-7-8-14(18)25-12/h3-9H,2H2,1H3,(H,19,21,23)/b13-9+. The van der Waals surface area contributed by atoms with Crippen LogP contribution in [-0.4, -0.2) is 24.5 Å². The number of barbiturate groups is 1. The number of amides is 4. The molecule has 0 radical (unpaired) electrons. The number of halogens is 1. The Balaban J connectivity index is 1.93. The lowest BCUT2D eigenvalue weighted by atomic mass is 10.1. The number of nitrogens with one attached hydrogen (secondary N) is 1. The van der Waals surface area contributed by atoms with E-state index in [4.69, 9.17) is 16.3 Å². The Bertz CT molecular complexity index is 873. The third-order valence-electron chi connectivity index (χ3n) is 3.39. The predicted molar refractivity (Wildman–Crippen MR) is 95.9 cm³/mol. The molecule has 0 atom stereocenters. The van der Waals surface area contributed by atoms with E-state index < -0.39 is 17.8 Å². The number of nitrogens with zero attached hydrogens (tertiary/aromatic N) is 1. The number of carbonyl (C=O) groups is 3. The van der Waals surface area contributed by atoms with E-state index in [2.05, 4.69) is 5.32 Å². The van der Waals surface area contributed by atoms with Gasteiger partial charge in [-0.25, -0.2) is 9.69 Å². The second-order valence-corrected chi connectivity index (χ2v) is 6.77. The summed E-state index contributed by atoms with van der Waals surface area (Å²) in [5.74, 6) is -0.805. The van der Waals surface area contributed by atoms with Crippen molar-refractivity contribution >= 4 is 52.5 Å². The van der Waals surface area contributed by atoms with Crippen molar-refractivity contribution in [2.24, 2.45) is 0 Å². The number of benzene rings is 1. The molecule has 8 heteroatoms. The van der Waals surface area contributed by atoms with Gasteiger partial charge in [0.2, 0.25) is 0 Å². The van der Waals surface area contributed by atoms with Gasteiger partial charge in [0, 0.05) is 4.88 Å². The zero-order chi connectivity index (χ0) is 18.0. The molecule has 1 aromatic carbocycles. The zero-order valence-electron chi connectivity index (χ0n) is 13.1. The summed E-state index contributed by atoms with van der Waals surface area (Å²) in [7, 11) is 0. The van der Waals surface area contributed by atoms with Gasteiger partial charge in [0.15, 0.2) is 0 Å². The lowest BCUT2D eigenvalue weighted by Crippen LogP contribution is -2.54. The van der Waals surface area contributed by atoms with Crippen LogP contribution in [0.25, 0.3) is 6.08 Å². The van der Waals surface area contributed by atoms with Crippen molar-refractivity contribution in [3.63, 3.8) is 0 Å². The van der Waals surface area contributed by atoms with Crippen LogP contribution >= 0.6 is 22.9 Å². The van der Waals surface area contributed by atoms with Gasteiger partial charge in [-0.2, -0.15) is 0 Å². The van der Waals surface area contributed by atoms with Gasteiger partial charge < -0.3 is 4.74 Å². The average molecular weight is 377 g/mol. The van der Waals surface area contributed by atoms with Crippen LogP contribution in [0.5, 0.6) is 5.75 Å². The molecule has 3 rings (SSSR count). The van der Waals surface area contributed by atoms with Crippen LogP contribution in [0.15, 0.2) is 42.0 Å². The van der Waals surface area contributed by atoms with Gasteiger partial charge in [-0.3, -0.25) is 14.9 Å². The highest BCUT2D eigenvalue weighted by atomic mass is 35.5. The number of hydrogen-bond acceptors (Lipinski definition) is 5. The predicted octanol–water partition coefficient (Wildman–Crippen LogP) is 3.47. The fraction of sp³-hybridized carbons (Fsp3) is 0.118. The fourth-order valence-electron chi connectivity index (χ4n) is 2.30. The highest BCUT2D eigenvalue weighted by Gasteiger charge is 2.36. The maximum absolute atomic E-state index is 12.7. The molecule has 4 amide bonds. The fourth-order valence-corrected chi connectivity index (χ4v) is 3.30. The topological polar surface area (TPSA) is 75.7 Å². The van der Waals surface area contributed by atoms with Gasteiger partial charge in [-0.05, 0) is 49.4 Å². The van der Waals surface area contributed by atoms with Gasteiger partial charge in [0.25, 0.3) is 11.8 Å². The summed E-state index contributed by atoms with van der Waals surface area (Å²) in [6.07, 6.45) is 1.42. The number of urea groups is 1. The van der Waals surface area contributed by atoms with Gasteiger partial charge in [0.05, 0.1) is 16.6 Å². The molecule has 0 bridgehead atoms. The number of carbonyl (C=O) groups excluding carboxylic acids is 3. The monoisotopic (exact) mass is 376 g/mol. The van der Waals surface area contributed by atoms with Gasteiger partial charge in [0.1, 0.15) is 11.3 Å². The van der Waals surface area contributed by atoms with Crippen LogP contribution in [0.4, 0.5) is 10.5 Å². The molecule has 1 saturated heterocycles. The molecule has 1 aromatic heterocycles. The summed E-state index contributed by atoms with van der Waals surface area (Å²) in [5, 5.41) is 2.17. The highest BCUT2D eigenvalue weighted by molar-refractivity contribution is 7.17. The molecule has 6 nitrogen and oxygen atoms in total. The van der Waals surface area contributed by atoms with E-state index in [1.807, 2.05) is 6.92 Å². The third-order valence-corrected chi connectivity index (χ3v) is 4.57. The minimum Gasteiger partial charge on any atom is -0.494 e. The van der Waals surface area contributed by atoms with E-state index in [1.165, 1.54) is 17.4 Å². The lowest BCUT2D eigenvalue weighted by Gasteiger charge is -2.26. The van der Waals surface area contributed by atoms with Crippen LogP contribution in [0.1, 0.15) is 11.8 Å². The number of hydrogen-bond donors (Lipinski definition) is 1. The molecule has 0 saturated carbocycles. The first-order valence-corrected chi connectivity index (χ1v) is 8.58. The first-order valence-electron chi connectivity index (χ1n) is 7.39. The molecular weight excluding hydrogens is 364 g/mol. The number of imide groups is 2. The molecule has 25 heavy (non-hydrogen) atoms. The number of ether oxygens (including phenoxy) is 1. The molecule has 0 unspecified atom stereocenters. The first kappa shape index (κ1) is 17.2. The van der Waals surface area contributed by atoms with Crippen LogP contribution in [-0.2, 0) is 9.59 Å². The molecule has 1 aliphatic rings. The number of anilines is 1. The van der Waals surface area contributed by atoms with Crippen molar-refractivity contribution in [1.29, 1.82) is 0 Å². The summed E-state index contributed by atoms with van der Waals surface area (Å²) >= 11 is 7.09. The maximum atomic E-state index is 12.7. The molecule has 0 aliphatic carbocycles. The van der Waals surface area contributed by atoms with Crippen molar-refractivity contribution in [2.45, 2.75) is 6.92 Å². The van der Waals surface area contributed by atoms with Crippen molar-refractivity contribution in [3.05, 3.63) is 51.2 Å². The maximum Gasteiger partial charge on any atom is 0.335 e. The Kier molecular flexibility index (Phi) is 4.87. The smallest absolute Gasteiger partial charge is 0.335 e. The molecule has 0 spiro atoms. The van der Waals surface area contributed by atoms with E-state index in [1.54, 1.807) is 36.4 Å². The highest BCUT2D eigenvalue weighted by Crippen LogP contribution is 2.27. The average Bonchev–Trinajstić information content (AvgIpc) is 2.98.